The lowest BCUT2D eigenvalue weighted by Crippen LogP contribution is -2.15. The van der Waals surface area contributed by atoms with Crippen molar-refractivity contribution in [1.82, 2.24) is 0 Å². The number of aliphatic hydroxyl groups excluding tert-OH is 2. The second kappa shape index (κ2) is 10.1. The lowest BCUT2D eigenvalue weighted by atomic mass is 9.89. The van der Waals surface area contributed by atoms with Gasteiger partial charge in [-0.05, 0) is 54.0 Å². The summed E-state index contributed by atoms with van der Waals surface area (Å²) in [4.78, 5) is 0. The number of hydrogen-bond donors (Lipinski definition) is 3. The third kappa shape index (κ3) is 6.34. The van der Waals surface area contributed by atoms with Crippen LogP contribution in [0.2, 0.25) is 0 Å². The predicted octanol–water partition coefficient (Wildman–Crippen LogP) is 4.46. The fourth-order valence-corrected chi connectivity index (χ4v) is 2.59. The van der Waals surface area contributed by atoms with E-state index in [4.69, 9.17) is 0 Å². The van der Waals surface area contributed by atoms with Gasteiger partial charge in [0.1, 0.15) is 5.75 Å². The van der Waals surface area contributed by atoms with Gasteiger partial charge < -0.3 is 15.3 Å². The Hall–Kier alpha value is -1.84. The van der Waals surface area contributed by atoms with Crippen LogP contribution >= 0.6 is 0 Å². The van der Waals surface area contributed by atoms with Crippen LogP contribution in [-0.2, 0) is 0 Å². The smallest absolute Gasteiger partial charge is 0.116 e. The van der Waals surface area contributed by atoms with Crippen LogP contribution in [0.5, 0.6) is 5.75 Å². The van der Waals surface area contributed by atoms with Gasteiger partial charge in [0.15, 0.2) is 0 Å². The average molecular weight is 330 g/mol. The van der Waals surface area contributed by atoms with Crippen molar-refractivity contribution in [2.24, 2.45) is 5.92 Å². The SMILES string of the molecule is C=C(/C(=C/CO)C(O)CC/C(=C/c1cccc(O)c1)CC)C(C)C. The molecule has 1 aromatic rings. The van der Waals surface area contributed by atoms with Gasteiger partial charge in [0, 0.05) is 0 Å². The molecule has 0 aromatic heterocycles. The van der Waals surface area contributed by atoms with E-state index >= 15 is 0 Å². The summed E-state index contributed by atoms with van der Waals surface area (Å²) < 4.78 is 0. The lowest BCUT2D eigenvalue weighted by molar-refractivity contribution is 0.199. The normalized spacial score (nSPS) is 14.1. The molecule has 1 unspecified atom stereocenters. The number of phenols is 1. The van der Waals surface area contributed by atoms with E-state index < -0.39 is 6.10 Å². The molecular weight excluding hydrogens is 300 g/mol. The maximum Gasteiger partial charge on any atom is 0.116 e. The molecule has 1 rings (SSSR count). The monoisotopic (exact) mass is 330 g/mol. The summed E-state index contributed by atoms with van der Waals surface area (Å²) >= 11 is 0. The van der Waals surface area contributed by atoms with Crippen LogP contribution in [0.3, 0.4) is 0 Å². The zero-order chi connectivity index (χ0) is 18.1. The zero-order valence-corrected chi connectivity index (χ0v) is 15.0. The average Bonchev–Trinajstić information content (AvgIpc) is 2.55. The highest BCUT2D eigenvalue weighted by molar-refractivity contribution is 5.54. The van der Waals surface area contributed by atoms with E-state index in [2.05, 4.69) is 19.6 Å². The Morgan fingerprint density at radius 3 is 2.54 bits per heavy atom. The lowest BCUT2D eigenvalue weighted by Gasteiger charge is -2.20. The number of aliphatic hydroxyl groups is 2. The Morgan fingerprint density at radius 1 is 1.29 bits per heavy atom. The van der Waals surface area contributed by atoms with Gasteiger partial charge in [-0.2, -0.15) is 0 Å². The van der Waals surface area contributed by atoms with Crippen LogP contribution in [0.25, 0.3) is 6.08 Å². The highest BCUT2D eigenvalue weighted by atomic mass is 16.3. The van der Waals surface area contributed by atoms with E-state index in [-0.39, 0.29) is 18.3 Å². The largest absolute Gasteiger partial charge is 0.508 e. The standard InChI is InChI=1S/C21H30O3/c1-5-17(13-18-7-6-8-19(23)14-18)9-10-21(24)20(11-12-22)16(4)15(2)3/h6-8,11,13-15,21-24H,4-5,9-10,12H2,1-3H3/b17-13+,20-11-. The Labute approximate surface area is 145 Å². The van der Waals surface area contributed by atoms with Gasteiger partial charge in [-0.15, -0.1) is 0 Å². The summed E-state index contributed by atoms with van der Waals surface area (Å²) in [6.45, 7) is 10.1. The second-order valence-corrected chi connectivity index (χ2v) is 6.33. The first-order valence-electron chi connectivity index (χ1n) is 8.55. The molecule has 0 saturated heterocycles. The highest BCUT2D eigenvalue weighted by Gasteiger charge is 2.16. The fourth-order valence-electron chi connectivity index (χ4n) is 2.59. The Balaban J connectivity index is 2.80. The number of rotatable bonds is 9. The zero-order valence-electron chi connectivity index (χ0n) is 15.0. The molecule has 24 heavy (non-hydrogen) atoms. The third-order valence-corrected chi connectivity index (χ3v) is 4.17. The van der Waals surface area contributed by atoms with Crippen molar-refractivity contribution >= 4 is 6.08 Å². The summed E-state index contributed by atoms with van der Waals surface area (Å²) in [5, 5.41) is 29.3. The first-order valence-corrected chi connectivity index (χ1v) is 8.55. The van der Waals surface area contributed by atoms with Crippen molar-refractivity contribution in [3.8, 4) is 5.75 Å². The van der Waals surface area contributed by atoms with Gasteiger partial charge in [-0.3, -0.25) is 0 Å². The molecule has 0 aliphatic rings. The molecule has 3 nitrogen and oxygen atoms in total. The predicted molar refractivity (Wildman–Crippen MR) is 101 cm³/mol. The van der Waals surface area contributed by atoms with Crippen LogP contribution < -0.4 is 0 Å². The number of aromatic hydroxyl groups is 1. The van der Waals surface area contributed by atoms with Crippen LogP contribution in [0.1, 0.15) is 45.6 Å². The minimum atomic E-state index is -0.633. The highest BCUT2D eigenvalue weighted by Crippen LogP contribution is 2.25. The topological polar surface area (TPSA) is 60.7 Å². The van der Waals surface area contributed by atoms with Gasteiger partial charge in [0.2, 0.25) is 0 Å². The molecule has 3 N–H and O–H groups in total. The van der Waals surface area contributed by atoms with E-state index in [9.17, 15) is 15.3 Å². The number of hydrogen-bond acceptors (Lipinski definition) is 3. The van der Waals surface area contributed by atoms with Crippen molar-refractivity contribution < 1.29 is 15.3 Å². The maximum absolute atomic E-state index is 10.5. The minimum absolute atomic E-state index is 0.0993. The minimum Gasteiger partial charge on any atom is -0.508 e. The maximum atomic E-state index is 10.5. The first-order chi connectivity index (χ1) is 11.4. The van der Waals surface area contributed by atoms with Gasteiger partial charge in [-0.25, -0.2) is 0 Å². The van der Waals surface area contributed by atoms with Crippen molar-refractivity contribution in [1.29, 1.82) is 0 Å². The van der Waals surface area contributed by atoms with Crippen molar-refractivity contribution in [3.63, 3.8) is 0 Å². The molecule has 0 aliphatic heterocycles. The molecule has 0 heterocycles. The summed E-state index contributed by atoms with van der Waals surface area (Å²) in [6.07, 6.45) is 5.28. The first kappa shape index (κ1) is 20.2. The van der Waals surface area contributed by atoms with Crippen molar-refractivity contribution in [2.45, 2.75) is 46.1 Å². The number of allylic oxidation sites excluding steroid dienone is 1. The van der Waals surface area contributed by atoms with Crippen molar-refractivity contribution in [2.75, 3.05) is 6.61 Å². The molecule has 0 saturated carbocycles. The summed E-state index contributed by atoms with van der Waals surface area (Å²) in [7, 11) is 0. The summed E-state index contributed by atoms with van der Waals surface area (Å²) in [5.41, 5.74) is 3.77. The quantitative estimate of drug-likeness (QED) is 0.586. The van der Waals surface area contributed by atoms with Crippen molar-refractivity contribution in [3.05, 3.63) is 59.2 Å². The number of benzene rings is 1. The molecule has 0 amide bonds. The van der Waals surface area contributed by atoms with E-state index in [0.29, 0.717) is 6.42 Å². The van der Waals surface area contributed by atoms with Gasteiger partial charge >= 0.3 is 0 Å². The van der Waals surface area contributed by atoms with Crippen LogP contribution in [0.15, 0.2) is 53.6 Å². The Morgan fingerprint density at radius 2 is 2.00 bits per heavy atom. The van der Waals surface area contributed by atoms with Gasteiger partial charge in [0.05, 0.1) is 12.7 Å². The van der Waals surface area contributed by atoms with E-state index in [1.807, 2.05) is 26.0 Å². The molecule has 0 spiro atoms. The van der Waals surface area contributed by atoms with Gasteiger partial charge in [-0.1, -0.05) is 57.2 Å². The Kier molecular flexibility index (Phi) is 8.51. The summed E-state index contributed by atoms with van der Waals surface area (Å²) in [5.74, 6) is 0.478. The number of phenolic OH excluding ortho intramolecular Hbond substituents is 1. The van der Waals surface area contributed by atoms with Crippen LogP contribution in [0.4, 0.5) is 0 Å². The Bertz CT molecular complexity index is 597. The third-order valence-electron chi connectivity index (χ3n) is 4.17. The molecule has 0 fully saturated rings. The molecule has 1 atom stereocenters. The van der Waals surface area contributed by atoms with E-state index in [0.717, 1.165) is 29.6 Å². The molecule has 0 radical (unpaired) electrons. The summed E-state index contributed by atoms with van der Waals surface area (Å²) in [6, 6.07) is 7.14. The van der Waals surface area contributed by atoms with E-state index in [1.165, 1.54) is 5.57 Å². The molecule has 3 heteroatoms. The molecule has 0 aliphatic carbocycles. The second-order valence-electron chi connectivity index (χ2n) is 6.33. The van der Waals surface area contributed by atoms with Crippen LogP contribution in [-0.4, -0.2) is 28.0 Å². The molecule has 1 aromatic carbocycles. The molecule has 0 bridgehead atoms. The molecule has 132 valence electrons. The fraction of sp³-hybridized carbons (Fsp3) is 0.429. The van der Waals surface area contributed by atoms with E-state index in [1.54, 1.807) is 18.2 Å². The van der Waals surface area contributed by atoms with Gasteiger partial charge in [0.25, 0.3) is 0 Å². The molecular formula is C21H30O3. The van der Waals surface area contributed by atoms with Crippen LogP contribution in [0, 0.1) is 5.92 Å².